The van der Waals surface area contributed by atoms with Crippen molar-refractivity contribution >= 4 is 12.4 Å². The van der Waals surface area contributed by atoms with Crippen LogP contribution in [0.15, 0.2) is 0 Å². The minimum Gasteiger partial charge on any atom is -0.479 e. The fourth-order valence-electron chi connectivity index (χ4n) is 1.72. The first kappa shape index (κ1) is 9.98. The van der Waals surface area contributed by atoms with Gasteiger partial charge in [-0.15, -0.1) is 0 Å². The van der Waals surface area contributed by atoms with Crippen LogP contribution in [-0.4, -0.2) is 47.7 Å². The number of hydrogen-bond acceptors (Lipinski definition) is 3. The highest BCUT2D eigenvalue weighted by molar-refractivity contribution is 5.82. The molecule has 1 aliphatic heterocycles. The van der Waals surface area contributed by atoms with Gasteiger partial charge in [0.1, 0.15) is 0 Å². The predicted molar refractivity (Wildman–Crippen MR) is 44.2 cm³/mol. The molecule has 1 rings (SSSR count). The summed E-state index contributed by atoms with van der Waals surface area (Å²) >= 11 is 0. The maximum Gasteiger partial charge on any atom is 0.332 e. The summed E-state index contributed by atoms with van der Waals surface area (Å²) in [5, 5.41) is 9.06. The molecule has 0 bridgehead atoms. The largest absolute Gasteiger partial charge is 0.479 e. The highest BCUT2D eigenvalue weighted by Crippen LogP contribution is 2.30. The molecule has 0 saturated carbocycles. The minimum absolute atomic E-state index is 0.346. The van der Waals surface area contributed by atoms with E-state index < -0.39 is 17.6 Å². The number of carboxylic acids is 1. The Hall–Kier alpha value is -1.10. The van der Waals surface area contributed by atoms with Crippen LogP contribution in [0, 0.1) is 0 Å². The van der Waals surface area contributed by atoms with Gasteiger partial charge in [-0.1, -0.05) is 0 Å². The molecule has 74 valence electrons. The minimum atomic E-state index is -1.18. The SMILES string of the molecule is CC1OCCC1(C(=O)O)N(C)C=O. The molecular weight excluding hydrogens is 174 g/mol. The van der Waals surface area contributed by atoms with Crippen molar-refractivity contribution in [3.05, 3.63) is 0 Å². The number of likely N-dealkylation sites (N-methyl/N-ethyl adjacent to an activating group) is 1. The van der Waals surface area contributed by atoms with Gasteiger partial charge < -0.3 is 14.7 Å². The summed E-state index contributed by atoms with van der Waals surface area (Å²) in [5.74, 6) is -1.01. The topological polar surface area (TPSA) is 66.8 Å². The average Bonchev–Trinajstić information content (AvgIpc) is 2.47. The quantitative estimate of drug-likeness (QED) is 0.616. The van der Waals surface area contributed by atoms with Crippen LogP contribution in [0.25, 0.3) is 0 Å². The molecule has 13 heavy (non-hydrogen) atoms. The van der Waals surface area contributed by atoms with E-state index >= 15 is 0 Å². The molecule has 1 heterocycles. The number of amides is 1. The van der Waals surface area contributed by atoms with E-state index in [0.717, 1.165) is 0 Å². The van der Waals surface area contributed by atoms with Gasteiger partial charge in [0.2, 0.25) is 6.41 Å². The monoisotopic (exact) mass is 187 g/mol. The van der Waals surface area contributed by atoms with Crippen LogP contribution < -0.4 is 0 Å². The summed E-state index contributed by atoms with van der Waals surface area (Å²) in [7, 11) is 1.46. The lowest BCUT2D eigenvalue weighted by molar-refractivity contribution is -0.157. The van der Waals surface area contributed by atoms with E-state index in [0.29, 0.717) is 19.4 Å². The van der Waals surface area contributed by atoms with Crippen LogP contribution in [0.1, 0.15) is 13.3 Å². The van der Waals surface area contributed by atoms with Crippen molar-refractivity contribution < 1.29 is 19.4 Å². The van der Waals surface area contributed by atoms with Crippen molar-refractivity contribution in [2.24, 2.45) is 0 Å². The number of carbonyl (C=O) groups excluding carboxylic acids is 1. The summed E-state index contributed by atoms with van der Waals surface area (Å²) in [6.45, 7) is 2.05. The molecule has 0 radical (unpaired) electrons. The Morgan fingerprint density at radius 1 is 1.77 bits per heavy atom. The molecule has 2 atom stereocenters. The Bertz CT molecular complexity index is 230. The van der Waals surface area contributed by atoms with Gasteiger partial charge in [0.05, 0.1) is 6.10 Å². The molecule has 1 fully saturated rings. The fraction of sp³-hybridized carbons (Fsp3) is 0.750. The summed E-state index contributed by atoms with van der Waals surface area (Å²) < 4.78 is 5.17. The first-order valence-corrected chi connectivity index (χ1v) is 4.09. The van der Waals surface area contributed by atoms with Crippen LogP contribution in [0.2, 0.25) is 0 Å². The number of hydrogen-bond donors (Lipinski definition) is 1. The van der Waals surface area contributed by atoms with Gasteiger partial charge in [-0.2, -0.15) is 0 Å². The second-order valence-electron chi connectivity index (χ2n) is 3.21. The molecule has 1 aliphatic rings. The molecule has 5 heteroatoms. The first-order chi connectivity index (χ1) is 6.05. The molecule has 5 nitrogen and oxygen atoms in total. The first-order valence-electron chi connectivity index (χ1n) is 4.09. The lowest BCUT2D eigenvalue weighted by Crippen LogP contribution is -2.56. The Labute approximate surface area is 76.3 Å². The lowest BCUT2D eigenvalue weighted by Gasteiger charge is -2.34. The van der Waals surface area contributed by atoms with Crippen LogP contribution in [-0.2, 0) is 14.3 Å². The molecule has 1 saturated heterocycles. The van der Waals surface area contributed by atoms with E-state index in [1.165, 1.54) is 11.9 Å². The van der Waals surface area contributed by atoms with Gasteiger partial charge >= 0.3 is 5.97 Å². The van der Waals surface area contributed by atoms with Crippen molar-refractivity contribution in [3.63, 3.8) is 0 Å². The predicted octanol–water partition coefficient (Wildman–Crippen LogP) is -0.293. The van der Waals surface area contributed by atoms with E-state index in [1.54, 1.807) is 6.92 Å². The summed E-state index contributed by atoms with van der Waals surface area (Å²) in [6.07, 6.45) is 0.415. The molecule has 1 N–H and O–H groups in total. The number of carboxylic acid groups (broad SMARTS) is 1. The number of rotatable bonds is 3. The Kier molecular flexibility index (Phi) is 2.56. The zero-order valence-electron chi connectivity index (χ0n) is 7.69. The zero-order chi connectivity index (χ0) is 10.1. The van der Waals surface area contributed by atoms with E-state index in [1.807, 2.05) is 0 Å². The van der Waals surface area contributed by atoms with Gasteiger partial charge in [-0.3, -0.25) is 4.79 Å². The molecule has 0 spiro atoms. The van der Waals surface area contributed by atoms with Crippen molar-refractivity contribution in [3.8, 4) is 0 Å². The number of aliphatic carboxylic acids is 1. The fourth-order valence-corrected chi connectivity index (χ4v) is 1.72. The Balaban J connectivity index is 2.99. The van der Waals surface area contributed by atoms with E-state index in [9.17, 15) is 9.59 Å². The normalized spacial score (nSPS) is 32.9. The average molecular weight is 187 g/mol. The Morgan fingerprint density at radius 3 is 2.69 bits per heavy atom. The highest BCUT2D eigenvalue weighted by atomic mass is 16.5. The molecule has 1 amide bonds. The maximum atomic E-state index is 11.1. The third kappa shape index (κ3) is 1.29. The maximum absolute atomic E-state index is 11.1. The van der Waals surface area contributed by atoms with Gasteiger partial charge in [-0.05, 0) is 6.92 Å². The highest BCUT2D eigenvalue weighted by Gasteiger charge is 2.51. The lowest BCUT2D eigenvalue weighted by atomic mass is 9.91. The van der Waals surface area contributed by atoms with E-state index in [4.69, 9.17) is 9.84 Å². The van der Waals surface area contributed by atoms with Gasteiger partial charge in [0, 0.05) is 20.1 Å². The molecule has 0 aliphatic carbocycles. The summed E-state index contributed by atoms with van der Waals surface area (Å²) in [5.41, 5.74) is -1.18. The van der Waals surface area contributed by atoms with Crippen molar-refractivity contribution in [1.82, 2.24) is 4.90 Å². The second-order valence-corrected chi connectivity index (χ2v) is 3.21. The van der Waals surface area contributed by atoms with Gasteiger partial charge in [-0.25, -0.2) is 4.79 Å². The molecule has 0 aromatic heterocycles. The number of carbonyl (C=O) groups is 2. The van der Waals surface area contributed by atoms with Crippen LogP contribution in [0.3, 0.4) is 0 Å². The third-order valence-corrected chi connectivity index (χ3v) is 2.68. The standard InChI is InChI=1S/C8H13NO4/c1-6-8(7(11)12,3-4-13-6)9(2)5-10/h5-6H,3-4H2,1-2H3,(H,11,12). The number of ether oxygens (including phenoxy) is 1. The van der Waals surface area contributed by atoms with Gasteiger partial charge in [0.15, 0.2) is 5.54 Å². The van der Waals surface area contributed by atoms with Crippen LogP contribution in [0.4, 0.5) is 0 Å². The summed E-state index contributed by atoms with van der Waals surface area (Å²) in [4.78, 5) is 22.8. The second kappa shape index (κ2) is 3.33. The molecule has 2 unspecified atom stereocenters. The van der Waals surface area contributed by atoms with Crippen LogP contribution >= 0.6 is 0 Å². The van der Waals surface area contributed by atoms with Crippen molar-refractivity contribution in [2.45, 2.75) is 25.0 Å². The zero-order valence-corrected chi connectivity index (χ0v) is 7.69. The summed E-state index contributed by atoms with van der Waals surface area (Å²) in [6, 6.07) is 0. The van der Waals surface area contributed by atoms with E-state index in [-0.39, 0.29) is 0 Å². The van der Waals surface area contributed by atoms with Gasteiger partial charge in [0.25, 0.3) is 0 Å². The van der Waals surface area contributed by atoms with E-state index in [2.05, 4.69) is 0 Å². The molecule has 0 aromatic rings. The third-order valence-electron chi connectivity index (χ3n) is 2.68. The molecule has 0 aromatic carbocycles. The Morgan fingerprint density at radius 2 is 2.38 bits per heavy atom. The van der Waals surface area contributed by atoms with Crippen molar-refractivity contribution in [1.29, 1.82) is 0 Å². The number of nitrogens with zero attached hydrogens (tertiary/aromatic N) is 1. The molecular formula is C8H13NO4. The van der Waals surface area contributed by atoms with Crippen molar-refractivity contribution in [2.75, 3.05) is 13.7 Å². The smallest absolute Gasteiger partial charge is 0.332 e. The van der Waals surface area contributed by atoms with Crippen LogP contribution in [0.5, 0.6) is 0 Å².